The van der Waals surface area contributed by atoms with E-state index in [2.05, 4.69) is 27.4 Å². The topological polar surface area (TPSA) is 61.0 Å². The molecule has 0 atom stereocenters. The van der Waals surface area contributed by atoms with Gasteiger partial charge < -0.3 is 15.2 Å². The summed E-state index contributed by atoms with van der Waals surface area (Å²) in [5.41, 5.74) is 1.83. The number of benzene rings is 2. The summed E-state index contributed by atoms with van der Waals surface area (Å²) in [6, 6.07) is 17.6. The lowest BCUT2D eigenvalue weighted by atomic mass is 10.1. The third-order valence-electron chi connectivity index (χ3n) is 3.93. The minimum atomic E-state index is -0.128. The molecule has 0 bridgehead atoms. The Labute approximate surface area is 151 Å². The van der Waals surface area contributed by atoms with Crippen molar-refractivity contribution in [1.29, 1.82) is 0 Å². The second kappa shape index (κ2) is 7.90. The van der Waals surface area contributed by atoms with E-state index in [1.807, 2.05) is 48.3 Å². The van der Waals surface area contributed by atoms with Gasteiger partial charge in [0, 0.05) is 13.6 Å². The van der Waals surface area contributed by atoms with Crippen LogP contribution in [0.3, 0.4) is 0 Å². The summed E-state index contributed by atoms with van der Waals surface area (Å²) in [6.45, 7) is 1.20. The van der Waals surface area contributed by atoms with Gasteiger partial charge in [0.15, 0.2) is 5.11 Å². The zero-order chi connectivity index (χ0) is 17.6. The average Bonchev–Trinajstić information content (AvgIpc) is 2.62. The number of aromatic nitrogens is 2. The first-order valence-electron chi connectivity index (χ1n) is 8.14. The van der Waals surface area contributed by atoms with Gasteiger partial charge in [0.25, 0.3) is 5.56 Å². The van der Waals surface area contributed by atoms with Crippen LogP contribution in [0.1, 0.15) is 11.4 Å². The van der Waals surface area contributed by atoms with Crippen molar-refractivity contribution >= 4 is 28.2 Å². The third-order valence-corrected chi connectivity index (χ3v) is 4.38. The summed E-state index contributed by atoms with van der Waals surface area (Å²) in [5, 5.41) is 4.47. The van der Waals surface area contributed by atoms with Gasteiger partial charge in [-0.2, -0.15) is 0 Å². The van der Waals surface area contributed by atoms with E-state index >= 15 is 0 Å². The highest BCUT2D eigenvalue weighted by Crippen LogP contribution is 2.06. The van der Waals surface area contributed by atoms with Crippen LogP contribution < -0.4 is 10.9 Å². The Hall–Kier alpha value is -2.73. The fourth-order valence-electron chi connectivity index (χ4n) is 2.60. The molecule has 5 nitrogen and oxygen atoms in total. The van der Waals surface area contributed by atoms with E-state index in [0.29, 0.717) is 28.4 Å². The van der Waals surface area contributed by atoms with Gasteiger partial charge in [-0.3, -0.25) is 4.79 Å². The fraction of sp³-hybridized carbons (Fsp3) is 0.211. The molecule has 0 aliphatic rings. The van der Waals surface area contributed by atoms with Crippen molar-refractivity contribution in [3.8, 4) is 0 Å². The van der Waals surface area contributed by atoms with Gasteiger partial charge in [-0.15, -0.1) is 0 Å². The monoisotopic (exact) mass is 352 g/mol. The highest BCUT2D eigenvalue weighted by molar-refractivity contribution is 7.80. The molecule has 0 aliphatic carbocycles. The summed E-state index contributed by atoms with van der Waals surface area (Å²) >= 11 is 5.41. The molecule has 0 aliphatic heterocycles. The summed E-state index contributed by atoms with van der Waals surface area (Å²) in [7, 11) is 1.88. The molecule has 0 saturated carbocycles. The van der Waals surface area contributed by atoms with Gasteiger partial charge in [0.05, 0.1) is 17.4 Å². The molecule has 0 fully saturated rings. The zero-order valence-corrected chi connectivity index (χ0v) is 14.8. The lowest BCUT2D eigenvalue weighted by molar-refractivity contribution is 0.473. The Kier molecular flexibility index (Phi) is 5.40. The van der Waals surface area contributed by atoms with Crippen LogP contribution in [0.15, 0.2) is 59.4 Å². The van der Waals surface area contributed by atoms with Gasteiger partial charge in [-0.25, -0.2) is 4.98 Å². The molecule has 0 spiro atoms. The van der Waals surface area contributed by atoms with Crippen LogP contribution in [-0.2, 0) is 13.0 Å². The highest BCUT2D eigenvalue weighted by atomic mass is 32.1. The SMILES string of the molecule is CN(Cc1nc2ccccc2c(=O)[nH]1)C(=S)NCCc1ccccc1. The predicted molar refractivity (Wildman–Crippen MR) is 105 cm³/mol. The number of rotatable bonds is 5. The molecule has 128 valence electrons. The second-order valence-corrected chi connectivity index (χ2v) is 6.24. The van der Waals surface area contributed by atoms with Crippen LogP contribution in [0.5, 0.6) is 0 Å². The molecule has 3 aromatic rings. The second-order valence-electron chi connectivity index (χ2n) is 5.85. The van der Waals surface area contributed by atoms with E-state index in [-0.39, 0.29) is 5.56 Å². The Morgan fingerprint density at radius 3 is 2.68 bits per heavy atom. The predicted octanol–water partition coefficient (Wildman–Crippen LogP) is 2.47. The minimum absolute atomic E-state index is 0.128. The van der Waals surface area contributed by atoms with Gasteiger partial charge in [0.2, 0.25) is 0 Å². The van der Waals surface area contributed by atoms with Gasteiger partial charge >= 0.3 is 0 Å². The van der Waals surface area contributed by atoms with Crippen molar-refractivity contribution < 1.29 is 0 Å². The smallest absolute Gasteiger partial charge is 0.258 e. The van der Waals surface area contributed by atoms with Crippen molar-refractivity contribution in [2.45, 2.75) is 13.0 Å². The molecule has 0 unspecified atom stereocenters. The maximum Gasteiger partial charge on any atom is 0.258 e. The Morgan fingerprint density at radius 2 is 1.88 bits per heavy atom. The van der Waals surface area contributed by atoms with E-state index in [4.69, 9.17) is 12.2 Å². The number of nitrogens with zero attached hydrogens (tertiary/aromatic N) is 2. The standard InChI is InChI=1S/C19H20N4OS/c1-23(19(25)20-12-11-14-7-3-2-4-8-14)13-17-21-16-10-6-5-9-15(16)18(24)22-17/h2-10H,11-13H2,1H3,(H,20,25)(H,21,22,24). The fourth-order valence-corrected chi connectivity index (χ4v) is 2.77. The molecule has 2 N–H and O–H groups in total. The maximum absolute atomic E-state index is 12.1. The summed E-state index contributed by atoms with van der Waals surface area (Å²) < 4.78 is 0. The molecule has 3 rings (SSSR count). The first-order chi connectivity index (χ1) is 12.1. The van der Waals surface area contributed by atoms with E-state index in [1.165, 1.54) is 5.56 Å². The Bertz CT molecular complexity index is 923. The van der Waals surface area contributed by atoms with Crippen molar-refractivity contribution in [1.82, 2.24) is 20.2 Å². The highest BCUT2D eigenvalue weighted by Gasteiger charge is 2.08. The molecule has 6 heteroatoms. The molecule has 1 heterocycles. The molecule has 1 aromatic heterocycles. The van der Waals surface area contributed by atoms with Crippen molar-refractivity contribution in [2.75, 3.05) is 13.6 Å². The largest absolute Gasteiger partial charge is 0.362 e. The average molecular weight is 352 g/mol. The number of aromatic amines is 1. The zero-order valence-electron chi connectivity index (χ0n) is 14.0. The van der Waals surface area contributed by atoms with Crippen LogP contribution in [0.25, 0.3) is 10.9 Å². The number of nitrogens with one attached hydrogen (secondary N) is 2. The van der Waals surface area contributed by atoms with Crippen molar-refractivity contribution in [2.24, 2.45) is 0 Å². The van der Waals surface area contributed by atoms with Crippen LogP contribution in [-0.4, -0.2) is 33.6 Å². The number of hydrogen-bond acceptors (Lipinski definition) is 3. The van der Waals surface area contributed by atoms with Crippen molar-refractivity contribution in [3.05, 3.63) is 76.3 Å². The van der Waals surface area contributed by atoms with Crippen LogP contribution in [0, 0.1) is 0 Å². The third kappa shape index (κ3) is 4.42. The van der Waals surface area contributed by atoms with Crippen LogP contribution >= 0.6 is 12.2 Å². The van der Waals surface area contributed by atoms with Crippen molar-refractivity contribution in [3.63, 3.8) is 0 Å². The summed E-state index contributed by atoms with van der Waals surface area (Å²) in [5.74, 6) is 0.596. The van der Waals surface area contributed by atoms with Crippen LogP contribution in [0.4, 0.5) is 0 Å². The Balaban J connectivity index is 1.59. The number of thiocarbonyl (C=S) groups is 1. The van der Waals surface area contributed by atoms with Crippen LogP contribution in [0.2, 0.25) is 0 Å². The van der Waals surface area contributed by atoms with E-state index < -0.39 is 0 Å². The number of para-hydroxylation sites is 1. The molecule has 0 radical (unpaired) electrons. The van der Waals surface area contributed by atoms with E-state index in [1.54, 1.807) is 6.07 Å². The normalized spacial score (nSPS) is 10.6. The van der Waals surface area contributed by atoms with Gasteiger partial charge in [0.1, 0.15) is 5.82 Å². The van der Waals surface area contributed by atoms with E-state index in [9.17, 15) is 4.79 Å². The molecule has 2 aromatic carbocycles. The Morgan fingerprint density at radius 1 is 1.16 bits per heavy atom. The molecular weight excluding hydrogens is 332 g/mol. The van der Waals surface area contributed by atoms with E-state index in [0.717, 1.165) is 13.0 Å². The number of fused-ring (bicyclic) bond motifs is 1. The quantitative estimate of drug-likeness (QED) is 0.691. The molecule has 0 amide bonds. The molecule has 0 saturated heterocycles. The summed E-state index contributed by atoms with van der Waals surface area (Å²) in [4.78, 5) is 21.3. The summed E-state index contributed by atoms with van der Waals surface area (Å²) in [6.07, 6.45) is 0.903. The lowest BCUT2D eigenvalue weighted by Gasteiger charge is -2.20. The first-order valence-corrected chi connectivity index (χ1v) is 8.55. The maximum atomic E-state index is 12.1. The number of hydrogen-bond donors (Lipinski definition) is 2. The lowest BCUT2D eigenvalue weighted by Crippen LogP contribution is -2.38. The molecule has 25 heavy (non-hydrogen) atoms. The minimum Gasteiger partial charge on any atom is -0.362 e. The van der Waals surface area contributed by atoms with Gasteiger partial charge in [-0.05, 0) is 36.3 Å². The number of H-pyrrole nitrogens is 1. The first kappa shape index (κ1) is 17.1. The molecular formula is C19H20N4OS. The van der Waals surface area contributed by atoms with Gasteiger partial charge in [-0.1, -0.05) is 42.5 Å².